The van der Waals surface area contributed by atoms with E-state index in [9.17, 15) is 9.59 Å². The number of carbonyl (C=O) groups is 2. The van der Waals surface area contributed by atoms with Gasteiger partial charge in [-0.1, -0.05) is 176 Å². The third kappa shape index (κ3) is 22.4. The van der Waals surface area contributed by atoms with Gasteiger partial charge in [-0.05, 0) is 169 Å². The first-order valence-corrected chi connectivity index (χ1v) is 38.2. The monoisotopic (exact) mass is 1410 g/mol. The lowest BCUT2D eigenvalue weighted by atomic mass is 8.58. The molecule has 11 rings (SSSR count). The first kappa shape index (κ1) is 87.5. The fraction of sp³-hybridized carbons (Fsp3) is 0.500. The molecule has 4 aromatic carbocycles. The molecule has 2 aliphatic heterocycles. The second-order valence-corrected chi connectivity index (χ2v) is 36.4. The van der Waals surface area contributed by atoms with Crippen LogP contribution >= 0.6 is 0 Å². The maximum atomic E-state index is 12.8. The number of alkyl carbamates (subject to hydrolysis) is 2. The molecule has 0 unspecified atom stereocenters. The lowest BCUT2D eigenvalue weighted by molar-refractivity contribution is 0.0480. The van der Waals surface area contributed by atoms with Crippen LogP contribution in [0.1, 0.15) is 221 Å². The molecule has 2 amide bonds. The highest BCUT2D eigenvalue weighted by atomic mass is 16.6. The van der Waals surface area contributed by atoms with Crippen molar-refractivity contribution in [2.75, 3.05) is 0 Å². The van der Waals surface area contributed by atoms with E-state index >= 15 is 0 Å². The number of hydrogen-bond acceptors (Lipinski definition) is 8. The van der Waals surface area contributed by atoms with Gasteiger partial charge >= 0.3 is 12.2 Å². The van der Waals surface area contributed by atoms with Crippen molar-refractivity contribution in [3.63, 3.8) is 0 Å². The van der Waals surface area contributed by atoms with E-state index in [1.165, 1.54) is 72.5 Å². The number of hydrogen-bond donors (Lipinski definition) is 4. The Morgan fingerprint density at radius 3 is 1.13 bits per heavy atom. The quantitative estimate of drug-likeness (QED) is 0.0750. The molecule has 5 aliphatic rings. The molecule has 12 nitrogen and oxygen atoms in total. The number of allylic oxidation sites excluding steroid dienone is 4. The van der Waals surface area contributed by atoms with Crippen molar-refractivity contribution in [1.82, 2.24) is 30.6 Å². The molecule has 0 bridgehead atoms. The Labute approximate surface area is 667 Å². The van der Waals surface area contributed by atoms with Crippen molar-refractivity contribution < 1.29 is 19.1 Å². The molecule has 3 aliphatic carbocycles. The van der Waals surface area contributed by atoms with Crippen LogP contribution in [0.15, 0.2) is 106 Å². The number of aromatic amines is 2. The summed E-state index contributed by atoms with van der Waals surface area (Å²) in [5, 5.41) is 6.26. The first-order chi connectivity index (χ1) is 49.9. The van der Waals surface area contributed by atoms with E-state index < -0.39 is 74.5 Å². The third-order valence-electron chi connectivity index (χ3n) is 21.2. The zero-order valence-electron chi connectivity index (χ0n) is 68.0. The molecule has 6 aromatic rings. The van der Waals surface area contributed by atoms with Gasteiger partial charge < -0.3 is 30.1 Å². The molecule has 4 heterocycles. The molecule has 0 saturated heterocycles. The number of aryl methyl sites for hydroxylation is 4. The smallest absolute Gasteiger partial charge is 0.408 e. The summed E-state index contributed by atoms with van der Waals surface area (Å²) in [4.78, 5) is 52.7. The molecule has 32 heteroatoms. The van der Waals surface area contributed by atoms with Gasteiger partial charge in [0.05, 0.1) is 29.7 Å². The zero-order valence-corrected chi connectivity index (χ0v) is 68.0. The Balaban J connectivity index is 0.000000217. The molecule has 0 fully saturated rings. The first-order valence-electron chi connectivity index (χ1n) is 38.2. The van der Waals surface area contributed by atoms with Crippen molar-refractivity contribution in [3.8, 4) is 44.8 Å². The average molecular weight is 1400 g/mol. The van der Waals surface area contributed by atoms with Crippen LogP contribution < -0.4 is 10.6 Å². The number of carbonyl (C=O) groups excluding carboxylic acids is 2. The fourth-order valence-corrected chi connectivity index (χ4v) is 14.3. The van der Waals surface area contributed by atoms with Crippen LogP contribution in [0.3, 0.4) is 0 Å². The van der Waals surface area contributed by atoms with Gasteiger partial charge in [0.15, 0.2) is 0 Å². The molecule has 2 aromatic heterocycles. The summed E-state index contributed by atoms with van der Waals surface area (Å²) in [6.07, 6.45) is 3.53. The number of amides is 2. The van der Waals surface area contributed by atoms with Gasteiger partial charge in [-0.3, -0.25) is 9.98 Å². The Morgan fingerprint density at radius 1 is 0.426 bits per heavy atom. The average Bonchev–Trinajstić information content (AvgIpc) is 1.62. The Hall–Kier alpha value is -6.04. The van der Waals surface area contributed by atoms with E-state index in [1.807, 2.05) is 47.7 Å². The number of benzene rings is 4. The summed E-state index contributed by atoms with van der Waals surface area (Å²) < 4.78 is 11.2. The van der Waals surface area contributed by atoms with E-state index in [-0.39, 0.29) is 33.7 Å². The minimum absolute atomic E-state index is 0.152. The second kappa shape index (κ2) is 34.9. The van der Waals surface area contributed by atoms with Crippen LogP contribution in [0.4, 0.5) is 9.59 Å². The second-order valence-electron chi connectivity index (χ2n) is 36.4. The number of H-pyrrole nitrogens is 2. The number of aromatic nitrogens is 4. The van der Waals surface area contributed by atoms with Crippen LogP contribution in [-0.2, 0) is 35.2 Å². The van der Waals surface area contributed by atoms with Crippen molar-refractivity contribution in [2.45, 2.75) is 225 Å². The van der Waals surface area contributed by atoms with E-state index in [4.69, 9.17) is 117 Å². The van der Waals surface area contributed by atoms with Gasteiger partial charge in [0.2, 0.25) is 0 Å². The van der Waals surface area contributed by atoms with Crippen molar-refractivity contribution in [3.05, 3.63) is 142 Å². The number of aliphatic imine (C=N–C) groups is 2. The largest absolute Gasteiger partial charge is 0.444 e. The Bertz CT molecular complexity index is 4240. The van der Waals surface area contributed by atoms with Crippen molar-refractivity contribution in [2.24, 2.45) is 31.6 Å². The number of nitrogens with zero attached hydrogens (tertiary/aromatic N) is 4. The maximum Gasteiger partial charge on any atom is 0.408 e. The van der Waals surface area contributed by atoms with Crippen LogP contribution in [0, 0.1) is 21.7 Å². The topological polar surface area (TPSA) is 159 Å². The highest BCUT2D eigenvalue weighted by Gasteiger charge is 2.40. The van der Waals surface area contributed by atoms with Gasteiger partial charge in [-0.2, -0.15) is 0 Å². The molecule has 0 spiro atoms. The standard InChI is InChI=1S/C39H50N4O2.C37H48N4O2.2B10/c1-22(37(2,3)4)35-41-31-18-14-26-20-24(12-16-28(26)33(31)42-35)23-11-15-27-25(19-23)13-17-30-29(27)21-32(40-30)34(38(5,6)7)43-36(44)45-39(8,9)10;1-22(35(2,3)4)33-38-21-31(40-33)24-13-11-23(12-14-24)25-15-17-27-26(19-25)16-18-29-28(27)20-30(39-29)32(36(5,6)7)41-34(42)43-37(8,9)10;2*1-7(2)10(8(3)4)9(5)6/h11-12,15-16,19-20,22,34H,13-14,17-18,21H2,1-10H3,(H,41,42)(H,43,44);11-15,17,19,21-22,32H,16,18,20H2,1-10H3,(H,38,40)(H,41,42);;/t22-,34-;22-,32-;;/m11../s1. The van der Waals surface area contributed by atoms with Gasteiger partial charge in [-0.25, -0.2) is 19.6 Å². The number of rotatable bonds is 15. The molecule has 4 atom stereocenters. The summed E-state index contributed by atoms with van der Waals surface area (Å²) in [6.45, 7) is 42.2. The Kier molecular flexibility index (Phi) is 28.3. The zero-order chi connectivity index (χ0) is 80.4. The fourth-order valence-electron chi connectivity index (χ4n) is 14.3. The molecule has 108 heavy (non-hydrogen) atoms. The number of nitrogens with one attached hydrogen (secondary N) is 4. The predicted octanol–water partition coefficient (Wildman–Crippen LogP) is 11.2. The van der Waals surface area contributed by atoms with Crippen molar-refractivity contribution in [1.29, 1.82) is 0 Å². The molecule has 24 radical (unpaired) electrons. The summed E-state index contributed by atoms with van der Waals surface area (Å²) in [5.41, 5.74) is 23.2. The number of imidazole rings is 2. The molecular formula is C76H98B20N8O4. The van der Waals surface area contributed by atoms with E-state index in [1.54, 1.807) is 0 Å². The summed E-state index contributed by atoms with van der Waals surface area (Å²) in [5.74, 6) is 2.83. The highest BCUT2D eigenvalue weighted by Crippen LogP contribution is 2.46. The van der Waals surface area contributed by atoms with E-state index in [2.05, 4.69) is 201 Å². The number of fused-ring (bicyclic) bond motifs is 7. The van der Waals surface area contributed by atoms with Crippen LogP contribution in [0.25, 0.3) is 55.9 Å². The summed E-state index contributed by atoms with van der Waals surface area (Å²) in [7, 11) is 63.6. The Morgan fingerprint density at radius 2 is 0.769 bits per heavy atom. The molecular weight excluding hydrogens is 1310 g/mol. The summed E-state index contributed by atoms with van der Waals surface area (Å²) in [6, 6.07) is 29.0. The van der Waals surface area contributed by atoms with Crippen LogP contribution in [0.2, 0.25) is 0 Å². The predicted molar refractivity (Wildman–Crippen MR) is 477 cm³/mol. The SMILES string of the molecule is C[C@H](c1nc2c([nH]1)CCc1cc(-c3ccc4c(c3)CCC3=C4CC([C@@H](NC(=O)OC(C)(C)C)C(C)(C)C)=N3)ccc1-2)C(C)(C)C.C[C@H](c1ncc(-c2ccc(-c3ccc4c(c3)CCC3=C4CC([C@@H](NC(=O)OC(C)(C)C)C(C)(C)C)=N3)cc2)[nH]1)C(C)(C)C.[B]B([B])B(B([B])[B])B([B])[B].[B]B([B])B(B([B])[B])B([B])[B]. The molecule has 526 valence electrons. The third-order valence-corrected chi connectivity index (χ3v) is 21.2. The van der Waals surface area contributed by atoms with Crippen LogP contribution in [0.5, 0.6) is 0 Å². The van der Waals surface area contributed by atoms with Gasteiger partial charge in [-0.15, -0.1) is 0 Å². The van der Waals surface area contributed by atoms with Crippen LogP contribution in [-0.4, -0.2) is 211 Å². The number of ether oxygens (including phenoxy) is 2. The van der Waals surface area contributed by atoms with Gasteiger partial charge in [0, 0.05) is 203 Å². The van der Waals surface area contributed by atoms with E-state index in [0.717, 1.165) is 103 Å². The highest BCUT2D eigenvalue weighted by molar-refractivity contribution is 8.00. The van der Waals surface area contributed by atoms with Crippen molar-refractivity contribution >= 4 is 179 Å². The van der Waals surface area contributed by atoms with Gasteiger partial charge in [0.25, 0.3) is 0 Å². The molecule has 0 saturated carbocycles. The lowest BCUT2D eigenvalue weighted by Crippen LogP contribution is -2.62. The van der Waals surface area contributed by atoms with E-state index in [0.29, 0.717) is 11.8 Å². The summed E-state index contributed by atoms with van der Waals surface area (Å²) >= 11 is 0. The maximum absolute atomic E-state index is 12.8. The minimum atomic E-state index is -0.667. The lowest BCUT2D eigenvalue weighted by Gasteiger charge is -2.32. The normalized spacial score (nSPS) is 15.5. The minimum Gasteiger partial charge on any atom is -0.444 e. The van der Waals surface area contributed by atoms with Gasteiger partial charge in [0.1, 0.15) is 22.9 Å². The molecule has 4 N–H and O–H groups in total.